The van der Waals surface area contributed by atoms with E-state index < -0.39 is 0 Å². The standard InChI is InChI=1S/C19H21ClN8/c1-3-4-5-17-21-19(20)27(24-17)12-14-7-9-15(10-8-14)28-13(2)6-11-16(28)18-22-25-26-23-18/h6-11H,3-5,12H2,1-2H3,(H,22,23,25,26). The Kier molecular flexibility index (Phi) is 5.21. The molecule has 3 heterocycles. The fraction of sp³-hybridized carbons (Fsp3) is 0.316. The Bertz CT molecular complexity index is 1050. The predicted molar refractivity (Wildman–Crippen MR) is 106 cm³/mol. The largest absolute Gasteiger partial charge is 0.311 e. The summed E-state index contributed by atoms with van der Waals surface area (Å²) in [6.07, 6.45) is 3.03. The number of aromatic amines is 1. The lowest BCUT2D eigenvalue weighted by atomic mass is 10.2. The molecule has 3 aromatic heterocycles. The highest BCUT2D eigenvalue weighted by Gasteiger charge is 2.13. The number of hydrogen-bond acceptors (Lipinski definition) is 5. The topological polar surface area (TPSA) is 90.1 Å². The van der Waals surface area contributed by atoms with Crippen molar-refractivity contribution in [1.82, 2.24) is 40.0 Å². The molecule has 28 heavy (non-hydrogen) atoms. The van der Waals surface area contributed by atoms with Crippen molar-refractivity contribution in [2.24, 2.45) is 0 Å². The van der Waals surface area contributed by atoms with Gasteiger partial charge in [0.2, 0.25) is 5.28 Å². The molecule has 0 aliphatic heterocycles. The molecule has 9 heteroatoms. The Balaban J connectivity index is 1.56. The average Bonchev–Trinajstić information content (AvgIpc) is 3.42. The highest BCUT2D eigenvalue weighted by molar-refractivity contribution is 6.28. The van der Waals surface area contributed by atoms with Gasteiger partial charge in [-0.3, -0.25) is 0 Å². The van der Waals surface area contributed by atoms with Crippen molar-refractivity contribution >= 4 is 11.6 Å². The summed E-state index contributed by atoms with van der Waals surface area (Å²) in [7, 11) is 0. The first-order valence-electron chi connectivity index (χ1n) is 9.26. The van der Waals surface area contributed by atoms with Crippen LogP contribution in [0.5, 0.6) is 0 Å². The van der Waals surface area contributed by atoms with E-state index in [4.69, 9.17) is 11.6 Å². The summed E-state index contributed by atoms with van der Waals surface area (Å²) in [5.74, 6) is 1.43. The van der Waals surface area contributed by atoms with Crippen molar-refractivity contribution in [1.29, 1.82) is 0 Å². The molecule has 0 bridgehead atoms. The fourth-order valence-corrected chi connectivity index (χ4v) is 3.36. The lowest BCUT2D eigenvalue weighted by molar-refractivity contribution is 0.661. The van der Waals surface area contributed by atoms with E-state index in [1.54, 1.807) is 4.68 Å². The molecule has 4 aromatic rings. The fourth-order valence-electron chi connectivity index (χ4n) is 3.17. The van der Waals surface area contributed by atoms with Crippen molar-refractivity contribution in [3.05, 3.63) is 58.8 Å². The van der Waals surface area contributed by atoms with Crippen LogP contribution in [0, 0.1) is 6.92 Å². The smallest absolute Gasteiger partial charge is 0.221 e. The van der Waals surface area contributed by atoms with E-state index in [-0.39, 0.29) is 0 Å². The lowest BCUT2D eigenvalue weighted by Gasteiger charge is -2.11. The van der Waals surface area contributed by atoms with Crippen molar-refractivity contribution in [2.75, 3.05) is 0 Å². The van der Waals surface area contributed by atoms with Crippen LogP contribution in [0.2, 0.25) is 5.28 Å². The first-order chi connectivity index (χ1) is 13.7. The molecule has 0 saturated carbocycles. The molecular weight excluding hydrogens is 376 g/mol. The normalized spacial score (nSPS) is 11.2. The summed E-state index contributed by atoms with van der Waals surface area (Å²) in [4.78, 5) is 4.35. The third-order valence-electron chi connectivity index (χ3n) is 4.62. The van der Waals surface area contributed by atoms with Crippen LogP contribution in [0.25, 0.3) is 17.2 Å². The van der Waals surface area contributed by atoms with Crippen LogP contribution in [-0.2, 0) is 13.0 Å². The van der Waals surface area contributed by atoms with E-state index >= 15 is 0 Å². The van der Waals surface area contributed by atoms with E-state index in [1.165, 1.54) is 0 Å². The number of benzene rings is 1. The molecule has 8 nitrogen and oxygen atoms in total. The monoisotopic (exact) mass is 396 g/mol. The summed E-state index contributed by atoms with van der Waals surface area (Å²) in [5.41, 5.74) is 4.14. The van der Waals surface area contributed by atoms with E-state index in [0.29, 0.717) is 17.7 Å². The van der Waals surface area contributed by atoms with Gasteiger partial charge in [0.05, 0.1) is 12.2 Å². The van der Waals surface area contributed by atoms with Gasteiger partial charge < -0.3 is 4.57 Å². The van der Waals surface area contributed by atoms with Crippen LogP contribution >= 0.6 is 11.6 Å². The van der Waals surface area contributed by atoms with Crippen LogP contribution in [0.15, 0.2) is 36.4 Å². The highest BCUT2D eigenvalue weighted by Crippen LogP contribution is 2.24. The molecule has 0 fully saturated rings. The average molecular weight is 397 g/mol. The number of aromatic nitrogens is 8. The number of halogens is 1. The second-order valence-corrected chi connectivity index (χ2v) is 7.01. The summed E-state index contributed by atoms with van der Waals surface area (Å²) >= 11 is 6.25. The van der Waals surface area contributed by atoms with Crippen LogP contribution in [0.4, 0.5) is 0 Å². The van der Waals surface area contributed by atoms with E-state index in [1.807, 2.05) is 19.1 Å². The molecule has 0 unspecified atom stereocenters. The molecule has 0 atom stereocenters. The summed E-state index contributed by atoms with van der Waals surface area (Å²) < 4.78 is 3.85. The third-order valence-corrected chi connectivity index (χ3v) is 4.89. The van der Waals surface area contributed by atoms with E-state index in [9.17, 15) is 0 Å². The maximum Gasteiger partial charge on any atom is 0.221 e. The Hall–Kier alpha value is -3.00. The van der Waals surface area contributed by atoms with Gasteiger partial charge in [-0.1, -0.05) is 25.5 Å². The lowest BCUT2D eigenvalue weighted by Crippen LogP contribution is -2.04. The number of nitrogens with one attached hydrogen (secondary N) is 1. The van der Waals surface area contributed by atoms with Gasteiger partial charge in [0.1, 0.15) is 0 Å². The minimum atomic E-state index is 0.427. The molecule has 0 saturated heterocycles. The molecule has 0 amide bonds. The number of unbranched alkanes of at least 4 members (excludes halogenated alkanes) is 1. The number of tetrazole rings is 1. The van der Waals surface area contributed by atoms with Crippen LogP contribution < -0.4 is 0 Å². The van der Waals surface area contributed by atoms with Crippen LogP contribution in [-0.4, -0.2) is 40.0 Å². The SMILES string of the molecule is CCCCc1nc(Cl)n(Cc2ccc(-n3c(C)ccc3-c3nnn[nH]3)cc2)n1. The van der Waals surface area contributed by atoms with Gasteiger partial charge in [0.15, 0.2) is 11.6 Å². The van der Waals surface area contributed by atoms with E-state index in [2.05, 4.69) is 66.5 Å². The summed E-state index contributed by atoms with van der Waals surface area (Å²) in [6.45, 7) is 4.78. The highest BCUT2D eigenvalue weighted by atomic mass is 35.5. The van der Waals surface area contributed by atoms with Crippen molar-refractivity contribution in [3.8, 4) is 17.2 Å². The molecule has 1 N–H and O–H groups in total. The minimum Gasteiger partial charge on any atom is -0.311 e. The second kappa shape index (κ2) is 7.93. The van der Waals surface area contributed by atoms with Gasteiger partial charge in [0, 0.05) is 17.8 Å². The number of H-pyrrole nitrogens is 1. The minimum absolute atomic E-state index is 0.427. The third kappa shape index (κ3) is 3.68. The molecule has 0 aliphatic rings. The van der Waals surface area contributed by atoms with Crippen molar-refractivity contribution < 1.29 is 0 Å². The van der Waals surface area contributed by atoms with Crippen molar-refractivity contribution in [2.45, 2.75) is 39.7 Å². The summed E-state index contributed by atoms with van der Waals surface area (Å²) in [5, 5.41) is 19.1. The first kappa shape index (κ1) is 18.4. The van der Waals surface area contributed by atoms with Gasteiger partial charge in [0.25, 0.3) is 0 Å². The molecule has 144 valence electrons. The molecule has 0 spiro atoms. The van der Waals surface area contributed by atoms with Gasteiger partial charge in [-0.15, -0.1) is 5.10 Å². The van der Waals surface area contributed by atoms with Crippen LogP contribution in [0.3, 0.4) is 0 Å². The van der Waals surface area contributed by atoms with Crippen molar-refractivity contribution in [3.63, 3.8) is 0 Å². The Morgan fingerprint density at radius 2 is 1.93 bits per heavy atom. The molecule has 1 aromatic carbocycles. The maximum atomic E-state index is 6.25. The Labute approximate surface area is 167 Å². The van der Waals surface area contributed by atoms with Gasteiger partial charge in [-0.2, -0.15) is 5.10 Å². The van der Waals surface area contributed by atoms with E-state index in [0.717, 1.165) is 47.7 Å². The zero-order chi connectivity index (χ0) is 19.5. The molecule has 4 rings (SSSR count). The van der Waals surface area contributed by atoms with Gasteiger partial charge >= 0.3 is 0 Å². The maximum absolute atomic E-state index is 6.25. The number of nitrogens with zero attached hydrogens (tertiary/aromatic N) is 7. The number of aryl methyl sites for hydroxylation is 2. The van der Waals surface area contributed by atoms with Crippen LogP contribution in [0.1, 0.15) is 36.8 Å². The number of hydrogen-bond donors (Lipinski definition) is 1. The zero-order valence-electron chi connectivity index (χ0n) is 15.8. The first-order valence-corrected chi connectivity index (χ1v) is 9.64. The summed E-state index contributed by atoms with van der Waals surface area (Å²) in [6, 6.07) is 12.3. The number of rotatable bonds is 7. The molecule has 0 aliphatic carbocycles. The molecule has 0 radical (unpaired) electrons. The Morgan fingerprint density at radius 3 is 2.64 bits per heavy atom. The Morgan fingerprint density at radius 1 is 1.11 bits per heavy atom. The zero-order valence-corrected chi connectivity index (χ0v) is 16.6. The van der Waals surface area contributed by atoms with Gasteiger partial charge in [-0.05, 0) is 65.2 Å². The molecular formula is C19H21ClN8. The van der Waals surface area contributed by atoms with Gasteiger partial charge in [-0.25, -0.2) is 14.8 Å². The second-order valence-electron chi connectivity index (χ2n) is 6.67. The quantitative estimate of drug-likeness (QED) is 0.515. The predicted octanol–water partition coefficient (Wildman–Crippen LogP) is 3.60.